The molecule has 12 nitrogen and oxygen atoms in total. The molecule has 2 N–H and O–H groups in total. The van der Waals surface area contributed by atoms with Crippen molar-refractivity contribution < 1.29 is 14.7 Å². The lowest BCUT2D eigenvalue weighted by atomic mass is 9.97. The first kappa shape index (κ1) is 30.1. The molecule has 3 aromatic rings. The number of carbonyl (C=O) groups is 2. The second kappa shape index (κ2) is 13.0. The molecule has 12 heteroatoms. The predicted molar refractivity (Wildman–Crippen MR) is 169 cm³/mol. The second-order valence-corrected chi connectivity index (χ2v) is 12.4. The molecule has 1 amide bonds. The molecule has 1 atom stereocenters. The van der Waals surface area contributed by atoms with E-state index in [0.717, 1.165) is 83.6 Å². The van der Waals surface area contributed by atoms with Crippen LogP contribution in [0.5, 0.6) is 0 Å². The molecule has 0 aromatic carbocycles. The number of hydrogen-bond acceptors (Lipinski definition) is 10. The first-order chi connectivity index (χ1) is 21.3. The molecule has 2 aliphatic heterocycles. The number of fused-ring (bicyclic) bond motifs is 1. The van der Waals surface area contributed by atoms with Crippen LogP contribution in [0.4, 0.5) is 17.5 Å². The number of pyridine rings is 2. The number of Topliss-reactive ketones (excluding diaryl/α,β-unsaturated/α-hetero) is 1. The normalized spacial score (nSPS) is 20.1. The highest BCUT2D eigenvalue weighted by molar-refractivity contribution is 5.99. The number of hydrogen-bond donors (Lipinski definition) is 2. The number of aliphatic hydroxyl groups is 1. The van der Waals surface area contributed by atoms with E-state index in [1.165, 1.54) is 6.92 Å². The number of nitrogens with zero attached hydrogens (tertiary/aromatic N) is 7. The van der Waals surface area contributed by atoms with Gasteiger partial charge in [-0.3, -0.25) is 23.9 Å². The molecular weight excluding hydrogens is 560 g/mol. The van der Waals surface area contributed by atoms with Crippen LogP contribution in [0.3, 0.4) is 0 Å². The van der Waals surface area contributed by atoms with Crippen molar-refractivity contribution in [2.45, 2.75) is 58.4 Å². The van der Waals surface area contributed by atoms with Crippen molar-refractivity contribution in [3.63, 3.8) is 0 Å². The third-order valence-corrected chi connectivity index (χ3v) is 9.54. The summed E-state index contributed by atoms with van der Waals surface area (Å²) < 4.78 is 1.71. The monoisotopic (exact) mass is 602 g/mol. The highest BCUT2D eigenvalue weighted by Crippen LogP contribution is 2.32. The molecule has 1 saturated carbocycles. The number of nitrogens with one attached hydrogen (secondary N) is 1. The fourth-order valence-corrected chi connectivity index (χ4v) is 6.90. The standard InChI is InChI=1S/C32H42N8O4/c1-21-26-19-34-32(36-30(26)40(24-5-3-4-6-24)31(44)29(21)22(2)42)35-27-8-7-25(18-33-27)38-14-11-37(12-15-38)13-16-39-10-9-23(20-41)17-28(39)43/h7-8,18-19,23-24,41H,3-6,9-17,20H2,1-2H3,(H,33,34,35,36). The molecular formula is C32H42N8O4. The Kier molecular flexibility index (Phi) is 8.90. The molecule has 6 rings (SSSR count). The van der Waals surface area contributed by atoms with Gasteiger partial charge in [-0.1, -0.05) is 12.8 Å². The summed E-state index contributed by atoms with van der Waals surface area (Å²) in [6.45, 7) is 9.25. The van der Waals surface area contributed by atoms with Gasteiger partial charge >= 0.3 is 0 Å². The molecule has 234 valence electrons. The molecule has 0 bridgehead atoms. The number of carbonyl (C=O) groups excluding carboxylic acids is 2. The van der Waals surface area contributed by atoms with Crippen LogP contribution in [-0.4, -0.2) is 98.5 Å². The van der Waals surface area contributed by atoms with Crippen molar-refractivity contribution in [3.05, 3.63) is 46.0 Å². The number of aliphatic hydroxyl groups excluding tert-OH is 1. The quantitative estimate of drug-likeness (QED) is 0.352. The summed E-state index contributed by atoms with van der Waals surface area (Å²) in [6, 6.07) is 3.97. The Morgan fingerprint density at radius 1 is 1.00 bits per heavy atom. The van der Waals surface area contributed by atoms with Gasteiger partial charge in [-0.25, -0.2) is 9.97 Å². The summed E-state index contributed by atoms with van der Waals surface area (Å²) in [5, 5.41) is 13.2. The van der Waals surface area contributed by atoms with Gasteiger partial charge in [-0.15, -0.1) is 0 Å². The van der Waals surface area contributed by atoms with Crippen LogP contribution >= 0.6 is 0 Å². The van der Waals surface area contributed by atoms with Gasteiger partial charge in [0.2, 0.25) is 11.9 Å². The maximum atomic E-state index is 13.5. The van der Waals surface area contributed by atoms with Crippen molar-refractivity contribution in [3.8, 4) is 0 Å². The summed E-state index contributed by atoms with van der Waals surface area (Å²) in [5.74, 6) is 0.994. The lowest BCUT2D eigenvalue weighted by molar-refractivity contribution is -0.135. The molecule has 1 unspecified atom stereocenters. The highest BCUT2D eigenvalue weighted by Gasteiger charge is 2.27. The fourth-order valence-electron chi connectivity index (χ4n) is 6.90. The van der Waals surface area contributed by atoms with Crippen LogP contribution < -0.4 is 15.8 Å². The van der Waals surface area contributed by atoms with Gasteiger partial charge in [-0.05, 0) is 56.7 Å². The third kappa shape index (κ3) is 6.18. The molecule has 1 aliphatic carbocycles. The van der Waals surface area contributed by atoms with Gasteiger partial charge in [0, 0.05) is 76.5 Å². The zero-order valence-electron chi connectivity index (χ0n) is 25.7. The van der Waals surface area contributed by atoms with Gasteiger partial charge in [0.25, 0.3) is 5.56 Å². The molecule has 2 saturated heterocycles. The average Bonchev–Trinajstić information content (AvgIpc) is 3.55. The Morgan fingerprint density at radius 2 is 1.77 bits per heavy atom. The Morgan fingerprint density at radius 3 is 2.43 bits per heavy atom. The number of ketones is 1. The number of likely N-dealkylation sites (tertiary alicyclic amines) is 1. The zero-order valence-corrected chi connectivity index (χ0v) is 25.7. The Hall–Kier alpha value is -3.90. The van der Waals surface area contributed by atoms with E-state index in [9.17, 15) is 19.5 Å². The van der Waals surface area contributed by atoms with E-state index in [2.05, 4.69) is 25.1 Å². The van der Waals surface area contributed by atoms with Crippen molar-refractivity contribution in [2.24, 2.45) is 5.92 Å². The van der Waals surface area contributed by atoms with Crippen LogP contribution in [-0.2, 0) is 4.79 Å². The highest BCUT2D eigenvalue weighted by atomic mass is 16.3. The third-order valence-electron chi connectivity index (χ3n) is 9.54. The number of piperidine rings is 1. The van der Waals surface area contributed by atoms with E-state index >= 15 is 0 Å². The first-order valence-corrected chi connectivity index (χ1v) is 15.8. The topological polar surface area (TPSA) is 137 Å². The summed E-state index contributed by atoms with van der Waals surface area (Å²) in [4.78, 5) is 58.7. The summed E-state index contributed by atoms with van der Waals surface area (Å²) >= 11 is 0. The van der Waals surface area contributed by atoms with Gasteiger partial charge in [0.15, 0.2) is 5.78 Å². The zero-order chi connectivity index (χ0) is 30.8. The minimum absolute atomic E-state index is 0.0243. The Labute approximate surface area is 257 Å². The number of rotatable bonds is 9. The minimum Gasteiger partial charge on any atom is -0.396 e. The molecule has 0 radical (unpaired) electrons. The van der Waals surface area contributed by atoms with Crippen molar-refractivity contribution in [1.29, 1.82) is 0 Å². The van der Waals surface area contributed by atoms with E-state index in [0.29, 0.717) is 34.8 Å². The van der Waals surface area contributed by atoms with Gasteiger partial charge in [0.05, 0.1) is 17.4 Å². The predicted octanol–water partition coefficient (Wildman–Crippen LogP) is 2.91. The smallest absolute Gasteiger partial charge is 0.263 e. The number of amides is 1. The Bertz CT molecular complexity index is 1580. The molecule has 5 heterocycles. The maximum Gasteiger partial charge on any atom is 0.263 e. The maximum absolute atomic E-state index is 13.5. The average molecular weight is 603 g/mol. The Balaban J connectivity index is 1.09. The van der Waals surface area contributed by atoms with Crippen LogP contribution in [0.15, 0.2) is 29.3 Å². The largest absolute Gasteiger partial charge is 0.396 e. The molecule has 3 aliphatic rings. The van der Waals surface area contributed by atoms with Crippen molar-refractivity contribution >= 4 is 40.2 Å². The lowest BCUT2D eigenvalue weighted by Crippen LogP contribution is -2.50. The molecule has 0 spiro atoms. The number of piperazine rings is 1. The minimum atomic E-state index is -0.266. The van der Waals surface area contributed by atoms with E-state index in [1.807, 2.05) is 23.2 Å². The summed E-state index contributed by atoms with van der Waals surface area (Å²) in [6.07, 6.45) is 8.76. The fraction of sp³-hybridized carbons (Fsp3) is 0.562. The molecule has 44 heavy (non-hydrogen) atoms. The van der Waals surface area contributed by atoms with Crippen molar-refractivity contribution in [2.75, 3.05) is 62.6 Å². The number of anilines is 3. The van der Waals surface area contributed by atoms with Crippen molar-refractivity contribution in [1.82, 2.24) is 29.3 Å². The second-order valence-electron chi connectivity index (χ2n) is 12.4. The number of aryl methyl sites for hydroxylation is 1. The van der Waals surface area contributed by atoms with Crippen LogP contribution in [0, 0.1) is 12.8 Å². The van der Waals surface area contributed by atoms with E-state index in [4.69, 9.17) is 4.98 Å². The summed E-state index contributed by atoms with van der Waals surface area (Å²) in [7, 11) is 0. The van der Waals surface area contributed by atoms with Crippen LogP contribution in [0.2, 0.25) is 0 Å². The molecule has 3 fully saturated rings. The van der Waals surface area contributed by atoms with Crippen LogP contribution in [0.25, 0.3) is 11.0 Å². The van der Waals surface area contributed by atoms with Crippen LogP contribution in [0.1, 0.15) is 67.4 Å². The summed E-state index contributed by atoms with van der Waals surface area (Å²) in [5.41, 5.74) is 2.17. The SMILES string of the molecule is CC(=O)c1c(C)c2cnc(Nc3ccc(N4CCN(CCN5CCC(CO)CC5=O)CC4)cn3)nc2n(C2CCCC2)c1=O. The van der Waals surface area contributed by atoms with Gasteiger partial charge in [0.1, 0.15) is 11.5 Å². The van der Waals surface area contributed by atoms with Gasteiger partial charge in [-0.2, -0.15) is 4.98 Å². The lowest BCUT2D eigenvalue weighted by Gasteiger charge is -2.38. The van der Waals surface area contributed by atoms with E-state index < -0.39 is 0 Å². The first-order valence-electron chi connectivity index (χ1n) is 15.8. The number of aromatic nitrogens is 4. The van der Waals surface area contributed by atoms with E-state index in [-0.39, 0.29) is 41.4 Å². The molecule has 3 aromatic heterocycles. The van der Waals surface area contributed by atoms with Gasteiger partial charge < -0.3 is 20.2 Å². The van der Waals surface area contributed by atoms with E-state index in [1.54, 1.807) is 17.7 Å².